The molecule has 0 saturated heterocycles. The monoisotopic (exact) mass is 554 g/mol. The molecule has 0 heterocycles. The highest BCUT2D eigenvalue weighted by molar-refractivity contribution is 6.92. The Bertz CT molecular complexity index is 1190. The van der Waals surface area contributed by atoms with Gasteiger partial charge in [-0.1, -0.05) is 168 Å². The van der Waals surface area contributed by atoms with E-state index in [1.54, 1.807) is 27.4 Å². The van der Waals surface area contributed by atoms with Gasteiger partial charge in [0.2, 0.25) is 0 Å². The van der Waals surface area contributed by atoms with Gasteiger partial charge < -0.3 is 0 Å². The van der Waals surface area contributed by atoms with Crippen LogP contribution in [0.3, 0.4) is 0 Å². The van der Waals surface area contributed by atoms with Gasteiger partial charge in [-0.25, -0.2) is 0 Å². The van der Waals surface area contributed by atoms with Gasteiger partial charge >= 0.3 is 0 Å². The minimum atomic E-state index is -1.58. The second-order valence-corrected chi connectivity index (χ2v) is 23.6. The van der Waals surface area contributed by atoms with E-state index in [1.165, 1.54) is 74.8 Å². The molecule has 0 spiro atoms. The van der Waals surface area contributed by atoms with Crippen LogP contribution in [0.1, 0.15) is 96.8 Å². The summed E-state index contributed by atoms with van der Waals surface area (Å²) in [5.41, 5.74) is 8.60. The summed E-state index contributed by atoms with van der Waals surface area (Å²) < 4.78 is 0. The highest BCUT2D eigenvalue weighted by Crippen LogP contribution is 2.51. The number of allylic oxidation sites excluding steroid dienone is 4. The third-order valence-electron chi connectivity index (χ3n) is 12.2. The summed E-state index contributed by atoms with van der Waals surface area (Å²) in [6, 6.07) is 21.2. The van der Waals surface area contributed by atoms with Gasteiger partial charge in [0.15, 0.2) is 0 Å². The molecule has 2 heteroatoms. The first kappa shape index (κ1) is 28.9. The molecule has 0 aromatic heterocycles. The Balaban J connectivity index is 1.76. The first-order valence-electron chi connectivity index (χ1n) is 16.6. The van der Waals surface area contributed by atoms with Gasteiger partial charge in [-0.15, -0.1) is 0 Å². The summed E-state index contributed by atoms with van der Waals surface area (Å²) in [4.78, 5) is 0. The van der Waals surface area contributed by atoms with Crippen molar-refractivity contribution in [3.8, 4) is 11.1 Å². The van der Waals surface area contributed by atoms with E-state index in [-0.39, 0.29) is 5.41 Å². The molecule has 2 aromatic rings. The first-order valence-corrected chi connectivity index (χ1v) is 21.9. The van der Waals surface area contributed by atoms with E-state index in [0.717, 1.165) is 6.42 Å². The van der Waals surface area contributed by atoms with Crippen molar-refractivity contribution in [2.24, 2.45) is 5.92 Å². The van der Waals surface area contributed by atoms with Crippen LogP contribution in [0.4, 0.5) is 0 Å². The maximum atomic E-state index is 2.70. The molecular weight excluding hydrogens is 501 g/mol. The number of hydrogen-bond acceptors (Lipinski definition) is 0. The second kappa shape index (κ2) is 11.7. The number of fused-ring (bicyclic) bond motifs is 3. The molecule has 0 nitrogen and oxygen atoms in total. The molecule has 39 heavy (non-hydrogen) atoms. The molecule has 0 unspecified atom stereocenters. The third kappa shape index (κ3) is 4.62. The van der Waals surface area contributed by atoms with Crippen molar-refractivity contribution in [2.75, 3.05) is 0 Å². The predicted molar refractivity (Wildman–Crippen MR) is 179 cm³/mol. The quantitative estimate of drug-likeness (QED) is 0.173. The molecule has 210 valence electrons. The molecule has 1 saturated carbocycles. The van der Waals surface area contributed by atoms with Gasteiger partial charge in [0.25, 0.3) is 0 Å². The maximum Gasteiger partial charge on any atom is 0.0863 e. The second-order valence-electron chi connectivity index (χ2n) is 13.1. The lowest BCUT2D eigenvalue weighted by Crippen LogP contribution is -2.52. The number of hydrogen-bond donors (Lipinski definition) is 0. The summed E-state index contributed by atoms with van der Waals surface area (Å²) in [6.07, 6.45) is 19.3. The molecule has 2 aromatic carbocycles. The van der Waals surface area contributed by atoms with E-state index in [1.807, 2.05) is 10.8 Å². The van der Waals surface area contributed by atoms with Crippen molar-refractivity contribution in [3.63, 3.8) is 0 Å². The van der Waals surface area contributed by atoms with Crippen LogP contribution in [0.25, 0.3) is 11.1 Å². The first-order chi connectivity index (χ1) is 19.0. The van der Waals surface area contributed by atoms with Crippen LogP contribution in [0.15, 0.2) is 54.6 Å². The van der Waals surface area contributed by atoms with Gasteiger partial charge in [-0.2, -0.15) is 0 Å². The van der Waals surface area contributed by atoms with Crippen molar-refractivity contribution in [3.05, 3.63) is 71.3 Å². The van der Waals surface area contributed by atoms with Crippen molar-refractivity contribution in [1.82, 2.24) is 0 Å². The van der Waals surface area contributed by atoms with E-state index < -0.39 is 16.1 Å². The topological polar surface area (TPSA) is 0 Å². The fraction of sp³-hybridized carbons (Fsp3) is 0.568. The van der Waals surface area contributed by atoms with Crippen LogP contribution in [0.2, 0.25) is 36.3 Å². The fourth-order valence-corrected chi connectivity index (χ4v) is 16.9. The van der Waals surface area contributed by atoms with Gasteiger partial charge in [-0.3, -0.25) is 0 Å². The molecular formula is C37H54Si2. The zero-order valence-corrected chi connectivity index (χ0v) is 28.0. The Morgan fingerprint density at radius 1 is 0.667 bits per heavy atom. The van der Waals surface area contributed by atoms with Crippen LogP contribution < -0.4 is 10.4 Å². The van der Waals surface area contributed by atoms with Crippen LogP contribution in [-0.4, -0.2) is 16.1 Å². The van der Waals surface area contributed by atoms with E-state index >= 15 is 0 Å². The average Bonchev–Trinajstić information content (AvgIpc) is 3.58. The van der Waals surface area contributed by atoms with Gasteiger partial charge in [0.1, 0.15) is 0 Å². The Hall–Kier alpha value is -1.65. The summed E-state index contributed by atoms with van der Waals surface area (Å²) in [7, 11) is -2.98. The molecule has 0 N–H and O–H groups in total. The highest BCUT2D eigenvalue weighted by Gasteiger charge is 2.46. The van der Waals surface area contributed by atoms with Crippen LogP contribution in [-0.2, 0) is 11.8 Å². The summed E-state index contributed by atoms with van der Waals surface area (Å²) in [5, 5.41) is 3.56. The normalized spacial score (nSPS) is 18.8. The standard InChI is InChI=1S/C37H54Si2/c1-7-38(8-2,9-3)31-21-22-32-29(27-31)28-34-33(32)23-24-35(39(10-4,11-5)12-6)36(34)37(30-19-15-16-20-30)25-17-13-14-18-26-37/h15-16,19-24,27,30H,7-14,17-18,25-26,28H2,1-6H3. The third-order valence-corrected chi connectivity index (χ3v) is 23.4. The number of benzene rings is 2. The summed E-state index contributed by atoms with van der Waals surface area (Å²) >= 11 is 0. The Morgan fingerprint density at radius 2 is 1.23 bits per heavy atom. The Morgan fingerprint density at radius 3 is 1.79 bits per heavy atom. The lowest BCUT2D eigenvalue weighted by molar-refractivity contribution is 0.317. The van der Waals surface area contributed by atoms with Crippen molar-refractivity contribution >= 4 is 26.5 Å². The molecule has 0 bridgehead atoms. The van der Waals surface area contributed by atoms with E-state index in [9.17, 15) is 0 Å². The maximum absolute atomic E-state index is 2.70. The van der Waals surface area contributed by atoms with Crippen molar-refractivity contribution in [2.45, 2.75) is 128 Å². The fourth-order valence-electron chi connectivity index (χ4n) is 9.21. The lowest BCUT2D eigenvalue weighted by atomic mass is 9.64. The molecule has 1 fully saturated rings. The molecule has 0 radical (unpaired) electrons. The van der Waals surface area contributed by atoms with E-state index in [4.69, 9.17) is 0 Å². The largest absolute Gasteiger partial charge is 0.0863 e. The zero-order valence-electron chi connectivity index (χ0n) is 26.0. The number of rotatable bonds is 10. The minimum Gasteiger partial charge on any atom is -0.0767 e. The zero-order chi connectivity index (χ0) is 27.7. The lowest BCUT2D eigenvalue weighted by Gasteiger charge is -2.44. The van der Waals surface area contributed by atoms with E-state index in [2.05, 4.69) is 96.2 Å². The predicted octanol–water partition coefficient (Wildman–Crippen LogP) is 10.0. The summed E-state index contributed by atoms with van der Waals surface area (Å²) in [6.45, 7) is 14.9. The minimum absolute atomic E-state index is 0.262. The van der Waals surface area contributed by atoms with Crippen LogP contribution in [0, 0.1) is 5.92 Å². The van der Waals surface area contributed by atoms with Crippen LogP contribution in [0.5, 0.6) is 0 Å². The van der Waals surface area contributed by atoms with Crippen molar-refractivity contribution < 1.29 is 0 Å². The Labute approximate surface area is 242 Å². The molecule has 5 rings (SSSR count). The molecule has 3 aliphatic rings. The SMILES string of the molecule is CC[Si](CC)(CC)c1ccc2c(c1)Cc1c-2ccc([Si](CC)(CC)CC)c1C1(C2C=CC=C2)CCCCCC1. The van der Waals surface area contributed by atoms with Gasteiger partial charge in [0.05, 0.1) is 16.1 Å². The highest BCUT2D eigenvalue weighted by atomic mass is 28.3. The molecule has 0 amide bonds. The summed E-state index contributed by atoms with van der Waals surface area (Å²) in [5.74, 6) is 0.553. The molecule has 0 aliphatic heterocycles. The molecule has 3 aliphatic carbocycles. The van der Waals surface area contributed by atoms with Gasteiger partial charge in [0, 0.05) is 11.3 Å². The van der Waals surface area contributed by atoms with E-state index in [0.29, 0.717) is 5.92 Å². The smallest absolute Gasteiger partial charge is 0.0767 e. The van der Waals surface area contributed by atoms with Gasteiger partial charge in [-0.05, 0) is 47.1 Å². The molecule has 0 atom stereocenters. The average molecular weight is 555 g/mol. The van der Waals surface area contributed by atoms with Crippen molar-refractivity contribution in [1.29, 1.82) is 0 Å². The Kier molecular flexibility index (Phi) is 8.65. The van der Waals surface area contributed by atoms with Crippen LogP contribution >= 0.6 is 0 Å².